The molecule has 5 heteroatoms. The summed E-state index contributed by atoms with van der Waals surface area (Å²) in [6.45, 7) is 4.82. The van der Waals surface area contributed by atoms with Crippen molar-refractivity contribution in [3.8, 4) is 0 Å². The van der Waals surface area contributed by atoms with Crippen molar-refractivity contribution in [2.24, 2.45) is 7.05 Å². The predicted molar refractivity (Wildman–Crippen MR) is 62.1 cm³/mol. The molecular formula is C10H14N4S. The standard InChI is InChI=1S/C10H14N4S/c1-7-6-15-10(13-7)5-11-9-4-12-14(3)8(9)2/h4,6,11H,5H2,1-3H3. The zero-order valence-corrected chi connectivity index (χ0v) is 9.93. The van der Waals surface area contributed by atoms with Crippen LogP contribution in [0, 0.1) is 13.8 Å². The van der Waals surface area contributed by atoms with Gasteiger partial charge in [0.2, 0.25) is 0 Å². The molecule has 0 amide bonds. The zero-order valence-electron chi connectivity index (χ0n) is 9.11. The maximum absolute atomic E-state index is 4.39. The molecule has 0 radical (unpaired) electrons. The average Bonchev–Trinajstić information content (AvgIpc) is 2.74. The van der Waals surface area contributed by atoms with Gasteiger partial charge in [0.15, 0.2) is 0 Å². The van der Waals surface area contributed by atoms with Gasteiger partial charge in [-0.3, -0.25) is 4.68 Å². The first-order valence-corrected chi connectivity index (χ1v) is 5.68. The second-order valence-corrected chi connectivity index (χ2v) is 4.45. The van der Waals surface area contributed by atoms with Crippen LogP contribution in [0.4, 0.5) is 5.69 Å². The summed E-state index contributed by atoms with van der Waals surface area (Å²) < 4.78 is 1.86. The highest BCUT2D eigenvalue weighted by Crippen LogP contribution is 2.15. The summed E-state index contributed by atoms with van der Waals surface area (Å²) in [7, 11) is 1.94. The average molecular weight is 222 g/mol. The first kappa shape index (κ1) is 10.2. The molecule has 0 spiro atoms. The van der Waals surface area contributed by atoms with Crippen LogP contribution in [0.25, 0.3) is 0 Å². The van der Waals surface area contributed by atoms with Gasteiger partial charge in [-0.1, -0.05) is 0 Å². The van der Waals surface area contributed by atoms with Crippen LogP contribution in [-0.2, 0) is 13.6 Å². The molecule has 4 nitrogen and oxygen atoms in total. The number of hydrogen-bond acceptors (Lipinski definition) is 4. The Kier molecular flexibility index (Phi) is 2.73. The maximum Gasteiger partial charge on any atom is 0.112 e. The molecular weight excluding hydrogens is 208 g/mol. The monoisotopic (exact) mass is 222 g/mol. The van der Waals surface area contributed by atoms with Crippen molar-refractivity contribution < 1.29 is 0 Å². The summed E-state index contributed by atoms with van der Waals surface area (Å²) in [6.07, 6.45) is 1.84. The van der Waals surface area contributed by atoms with Crippen molar-refractivity contribution in [2.75, 3.05) is 5.32 Å². The van der Waals surface area contributed by atoms with Crippen molar-refractivity contribution in [1.29, 1.82) is 0 Å². The minimum atomic E-state index is 0.769. The number of anilines is 1. The fourth-order valence-corrected chi connectivity index (χ4v) is 2.04. The molecule has 2 heterocycles. The van der Waals surface area contributed by atoms with Crippen molar-refractivity contribution >= 4 is 17.0 Å². The summed E-state index contributed by atoms with van der Waals surface area (Å²) in [6, 6.07) is 0. The third-order valence-corrected chi connectivity index (χ3v) is 3.30. The van der Waals surface area contributed by atoms with E-state index in [1.807, 2.05) is 31.8 Å². The second kappa shape index (κ2) is 4.02. The van der Waals surface area contributed by atoms with E-state index in [2.05, 4.69) is 20.8 Å². The Balaban J connectivity index is 2.02. The molecule has 80 valence electrons. The lowest BCUT2D eigenvalue weighted by molar-refractivity contribution is 0.740. The Bertz CT molecular complexity index is 458. The van der Waals surface area contributed by atoms with Crippen LogP contribution >= 0.6 is 11.3 Å². The molecule has 0 aliphatic carbocycles. The molecule has 0 saturated heterocycles. The topological polar surface area (TPSA) is 42.7 Å². The fourth-order valence-electron chi connectivity index (χ4n) is 1.33. The molecule has 0 atom stereocenters. The van der Waals surface area contributed by atoms with Crippen LogP contribution in [0.15, 0.2) is 11.6 Å². The first-order chi connectivity index (χ1) is 7.16. The van der Waals surface area contributed by atoms with Gasteiger partial charge < -0.3 is 5.32 Å². The van der Waals surface area contributed by atoms with Gasteiger partial charge in [0.25, 0.3) is 0 Å². The number of aryl methyl sites for hydroxylation is 2. The molecule has 0 saturated carbocycles. The fraction of sp³-hybridized carbons (Fsp3) is 0.400. The van der Waals surface area contributed by atoms with Crippen molar-refractivity contribution in [1.82, 2.24) is 14.8 Å². The van der Waals surface area contributed by atoms with E-state index in [0.717, 1.165) is 28.6 Å². The first-order valence-electron chi connectivity index (χ1n) is 4.80. The normalized spacial score (nSPS) is 10.6. The minimum absolute atomic E-state index is 0.769. The van der Waals surface area contributed by atoms with Crippen molar-refractivity contribution in [2.45, 2.75) is 20.4 Å². The maximum atomic E-state index is 4.39. The van der Waals surface area contributed by atoms with E-state index in [1.165, 1.54) is 0 Å². The predicted octanol–water partition coefficient (Wildman–Crippen LogP) is 2.11. The number of thiazole rings is 1. The van der Waals surface area contributed by atoms with Gasteiger partial charge >= 0.3 is 0 Å². The van der Waals surface area contributed by atoms with Gasteiger partial charge in [-0.2, -0.15) is 5.10 Å². The molecule has 0 aromatic carbocycles. The molecule has 0 bridgehead atoms. The van der Waals surface area contributed by atoms with Gasteiger partial charge in [0, 0.05) is 18.1 Å². The van der Waals surface area contributed by atoms with Crippen LogP contribution in [-0.4, -0.2) is 14.8 Å². The van der Waals surface area contributed by atoms with Crippen molar-refractivity contribution in [3.05, 3.63) is 28.0 Å². The largest absolute Gasteiger partial charge is 0.376 e. The smallest absolute Gasteiger partial charge is 0.112 e. The van der Waals surface area contributed by atoms with Crippen LogP contribution in [0.2, 0.25) is 0 Å². The van der Waals surface area contributed by atoms with Crippen LogP contribution in [0.1, 0.15) is 16.4 Å². The zero-order chi connectivity index (χ0) is 10.8. The van der Waals surface area contributed by atoms with E-state index in [0.29, 0.717) is 0 Å². The molecule has 0 aliphatic heterocycles. The lowest BCUT2D eigenvalue weighted by Gasteiger charge is -2.02. The summed E-state index contributed by atoms with van der Waals surface area (Å²) in [5.74, 6) is 0. The lowest BCUT2D eigenvalue weighted by Crippen LogP contribution is -2.00. The van der Waals surface area contributed by atoms with E-state index in [-0.39, 0.29) is 0 Å². The number of aromatic nitrogens is 3. The second-order valence-electron chi connectivity index (χ2n) is 3.50. The molecule has 2 aromatic heterocycles. The van der Waals surface area contributed by atoms with E-state index >= 15 is 0 Å². The van der Waals surface area contributed by atoms with Gasteiger partial charge in [-0.15, -0.1) is 11.3 Å². The molecule has 15 heavy (non-hydrogen) atoms. The van der Waals surface area contributed by atoms with Crippen LogP contribution in [0.3, 0.4) is 0 Å². The number of hydrogen-bond donors (Lipinski definition) is 1. The van der Waals surface area contributed by atoms with Gasteiger partial charge in [-0.25, -0.2) is 4.98 Å². The molecule has 1 N–H and O–H groups in total. The van der Waals surface area contributed by atoms with E-state index in [1.54, 1.807) is 11.3 Å². The number of rotatable bonds is 3. The molecule has 2 rings (SSSR count). The quantitative estimate of drug-likeness (QED) is 0.865. The Labute approximate surface area is 93.0 Å². The summed E-state index contributed by atoms with van der Waals surface area (Å²) in [5, 5.41) is 10.7. The molecule has 2 aromatic rings. The Morgan fingerprint density at radius 2 is 2.27 bits per heavy atom. The summed E-state index contributed by atoms with van der Waals surface area (Å²) >= 11 is 1.68. The molecule has 0 fully saturated rings. The summed E-state index contributed by atoms with van der Waals surface area (Å²) in [5.41, 5.74) is 3.30. The Hall–Kier alpha value is -1.36. The highest BCUT2D eigenvalue weighted by atomic mass is 32.1. The van der Waals surface area contributed by atoms with Gasteiger partial charge in [0.05, 0.1) is 24.1 Å². The highest BCUT2D eigenvalue weighted by Gasteiger charge is 2.04. The highest BCUT2D eigenvalue weighted by molar-refractivity contribution is 7.09. The van der Waals surface area contributed by atoms with Gasteiger partial charge in [-0.05, 0) is 13.8 Å². The third kappa shape index (κ3) is 2.18. The Morgan fingerprint density at radius 3 is 2.80 bits per heavy atom. The minimum Gasteiger partial charge on any atom is -0.376 e. The van der Waals surface area contributed by atoms with E-state index in [9.17, 15) is 0 Å². The van der Waals surface area contributed by atoms with E-state index in [4.69, 9.17) is 0 Å². The Morgan fingerprint density at radius 1 is 1.47 bits per heavy atom. The van der Waals surface area contributed by atoms with Gasteiger partial charge in [0.1, 0.15) is 5.01 Å². The molecule has 0 aliphatic rings. The van der Waals surface area contributed by atoms with Crippen molar-refractivity contribution in [3.63, 3.8) is 0 Å². The van der Waals surface area contributed by atoms with E-state index < -0.39 is 0 Å². The van der Waals surface area contributed by atoms with Crippen LogP contribution < -0.4 is 5.32 Å². The number of nitrogens with zero attached hydrogens (tertiary/aromatic N) is 3. The van der Waals surface area contributed by atoms with Crippen LogP contribution in [0.5, 0.6) is 0 Å². The molecule has 0 unspecified atom stereocenters. The lowest BCUT2D eigenvalue weighted by atomic mass is 10.4. The number of nitrogens with one attached hydrogen (secondary N) is 1. The summed E-state index contributed by atoms with van der Waals surface area (Å²) in [4.78, 5) is 4.39. The third-order valence-electron chi connectivity index (χ3n) is 2.33. The SMILES string of the molecule is Cc1csc(CNc2cnn(C)c2C)n1.